The van der Waals surface area contributed by atoms with E-state index >= 15 is 0 Å². The maximum absolute atomic E-state index is 6.80. The van der Waals surface area contributed by atoms with Gasteiger partial charge in [-0.15, -0.1) is 0 Å². The van der Waals surface area contributed by atoms with Crippen molar-refractivity contribution >= 4 is 68.0 Å². The van der Waals surface area contributed by atoms with Crippen molar-refractivity contribution in [1.29, 1.82) is 0 Å². The quantitative estimate of drug-likeness (QED) is 0.161. The summed E-state index contributed by atoms with van der Waals surface area (Å²) in [5.74, 6) is 1.73. The number of ether oxygens (including phenoxy) is 1. The number of aryl methyl sites for hydroxylation is 2. The highest BCUT2D eigenvalue weighted by Gasteiger charge is 2.49. The Labute approximate surface area is 438 Å². The second-order valence-corrected chi connectivity index (χ2v) is 26.4. The number of anilines is 5. The Balaban J connectivity index is 1.14. The molecule has 74 heavy (non-hydrogen) atoms. The van der Waals surface area contributed by atoms with Crippen LogP contribution in [0.3, 0.4) is 0 Å². The predicted octanol–water partition coefficient (Wildman–Crippen LogP) is 17.2. The van der Waals surface area contributed by atoms with Gasteiger partial charge in [-0.25, -0.2) is 0 Å². The molecule has 0 unspecified atom stereocenters. The van der Waals surface area contributed by atoms with Crippen molar-refractivity contribution in [3.8, 4) is 39.4 Å². The average molecular weight is 964 g/mol. The molecule has 0 atom stereocenters. The van der Waals surface area contributed by atoms with Crippen LogP contribution in [-0.2, 0) is 27.1 Å². The molecule has 1 aromatic heterocycles. The lowest BCUT2D eigenvalue weighted by atomic mass is 9.43. The van der Waals surface area contributed by atoms with Crippen LogP contribution in [0.4, 0.5) is 28.4 Å². The third kappa shape index (κ3) is 5.71. The maximum Gasteiger partial charge on any atom is 0.333 e. The third-order valence-electron chi connectivity index (χ3n) is 19.6. The van der Waals surface area contributed by atoms with Crippen molar-refractivity contribution < 1.29 is 4.74 Å². The molecule has 0 bridgehead atoms. The monoisotopic (exact) mass is 964 g/mol. The van der Waals surface area contributed by atoms with Gasteiger partial charge in [0.1, 0.15) is 0 Å². The fraction of sp³-hybridized carbons (Fsp3) is 0.304. The number of benzene rings is 8. The van der Waals surface area contributed by atoms with Gasteiger partial charge >= 0.3 is 6.85 Å². The van der Waals surface area contributed by atoms with Crippen LogP contribution in [0.25, 0.3) is 49.7 Å². The zero-order valence-corrected chi connectivity index (χ0v) is 45.4. The van der Waals surface area contributed by atoms with Crippen LogP contribution in [0.5, 0.6) is 11.5 Å². The van der Waals surface area contributed by atoms with E-state index in [9.17, 15) is 0 Å². The second kappa shape index (κ2) is 14.2. The fourth-order valence-electron chi connectivity index (χ4n) is 15.1. The van der Waals surface area contributed by atoms with Crippen LogP contribution in [-0.4, -0.2) is 11.4 Å². The summed E-state index contributed by atoms with van der Waals surface area (Å²) in [7, 11) is 0. The van der Waals surface area contributed by atoms with Gasteiger partial charge in [-0.1, -0.05) is 135 Å². The van der Waals surface area contributed by atoms with E-state index in [0.717, 1.165) is 35.7 Å². The molecule has 9 aromatic rings. The van der Waals surface area contributed by atoms with Crippen molar-refractivity contribution in [1.82, 2.24) is 4.57 Å². The Bertz CT molecular complexity index is 3970. The first kappa shape index (κ1) is 44.5. The summed E-state index contributed by atoms with van der Waals surface area (Å²) in [4.78, 5) is 5.28. The lowest BCUT2D eigenvalue weighted by Crippen LogP contribution is -2.60. The number of nitrogens with zero attached hydrogens (tertiary/aromatic N) is 3. The topological polar surface area (TPSA) is 20.6 Å². The molecule has 3 aliphatic heterocycles. The van der Waals surface area contributed by atoms with Gasteiger partial charge in [-0.3, -0.25) is 0 Å². The van der Waals surface area contributed by atoms with Gasteiger partial charge in [0.25, 0.3) is 0 Å². The van der Waals surface area contributed by atoms with Gasteiger partial charge in [0.2, 0.25) is 0 Å². The lowest BCUT2D eigenvalue weighted by molar-refractivity contribution is 0.331. The highest BCUT2D eigenvalue weighted by molar-refractivity contribution is 6.93. The minimum Gasteiger partial charge on any atom is -0.453 e. The molecule has 8 aromatic carbocycles. The molecule has 15 rings (SSSR count). The smallest absolute Gasteiger partial charge is 0.333 e. The van der Waals surface area contributed by atoms with Crippen LogP contribution >= 0.6 is 0 Å². The van der Waals surface area contributed by atoms with Crippen molar-refractivity contribution in [3.05, 3.63) is 178 Å². The van der Waals surface area contributed by atoms with Crippen molar-refractivity contribution in [2.24, 2.45) is 0 Å². The number of para-hydroxylation sites is 4. The number of fused-ring (bicyclic) bond motifs is 15. The fourth-order valence-corrected chi connectivity index (χ4v) is 15.1. The van der Waals surface area contributed by atoms with E-state index in [1.54, 1.807) is 0 Å². The van der Waals surface area contributed by atoms with Gasteiger partial charge in [0.15, 0.2) is 11.5 Å². The first-order valence-corrected chi connectivity index (χ1v) is 27.5. The number of hydrogen-bond donors (Lipinski definition) is 0. The summed E-state index contributed by atoms with van der Waals surface area (Å²) in [6.45, 7) is 29.1. The summed E-state index contributed by atoms with van der Waals surface area (Å²) in [6.07, 6.45) is 4.69. The molecule has 366 valence electrons. The van der Waals surface area contributed by atoms with Gasteiger partial charge in [0, 0.05) is 38.8 Å². The first-order chi connectivity index (χ1) is 35.2. The van der Waals surface area contributed by atoms with Crippen LogP contribution in [0.15, 0.2) is 133 Å². The minimum absolute atomic E-state index is 0.0214. The molecule has 0 amide bonds. The predicted molar refractivity (Wildman–Crippen MR) is 312 cm³/mol. The van der Waals surface area contributed by atoms with Crippen molar-refractivity contribution in [2.45, 2.75) is 136 Å². The van der Waals surface area contributed by atoms with E-state index in [-0.39, 0.29) is 33.9 Å². The number of hydrogen-bond acceptors (Lipinski definition) is 3. The Hall–Kier alpha value is -6.98. The molecule has 0 spiro atoms. The van der Waals surface area contributed by atoms with Crippen molar-refractivity contribution in [2.75, 3.05) is 9.71 Å². The van der Waals surface area contributed by atoms with Gasteiger partial charge < -0.3 is 19.0 Å². The maximum atomic E-state index is 6.80. The Morgan fingerprint density at radius 2 is 1.00 bits per heavy atom. The summed E-state index contributed by atoms with van der Waals surface area (Å²) in [5.41, 5.74) is 29.1. The van der Waals surface area contributed by atoms with E-state index in [2.05, 4.69) is 231 Å². The molecule has 0 saturated carbocycles. The van der Waals surface area contributed by atoms with Gasteiger partial charge in [-0.05, 0) is 201 Å². The SMILES string of the molecule is Cc1ccc(N2B3c4cc(C)ccc4-n4c5cc6c(cc5c5c(N7c8ccccc8Oc8ccccc87)cc(c3c54)-c3cc4c(cc32)C(C)(C)c2cc3c(cc2-4)C(C)(C)CCC3(C)C)C(C)(C)CCC6(C)C)cc1. The van der Waals surface area contributed by atoms with Crippen molar-refractivity contribution in [3.63, 3.8) is 0 Å². The molecule has 0 N–H and O–H groups in total. The Morgan fingerprint density at radius 1 is 0.446 bits per heavy atom. The molecule has 4 heterocycles. The number of aromatic nitrogens is 1. The Morgan fingerprint density at radius 3 is 1.65 bits per heavy atom. The third-order valence-corrected chi connectivity index (χ3v) is 19.6. The Kier molecular flexibility index (Phi) is 8.56. The molecule has 0 fully saturated rings. The van der Waals surface area contributed by atoms with E-state index in [4.69, 9.17) is 4.74 Å². The lowest BCUT2D eigenvalue weighted by Gasteiger charge is -2.43. The molecule has 4 nitrogen and oxygen atoms in total. The molecule has 0 radical (unpaired) electrons. The van der Waals surface area contributed by atoms with E-state index < -0.39 is 0 Å². The van der Waals surface area contributed by atoms with Crippen LogP contribution < -0.4 is 25.4 Å². The highest BCUT2D eigenvalue weighted by atomic mass is 16.5. The largest absolute Gasteiger partial charge is 0.453 e. The van der Waals surface area contributed by atoms with Gasteiger partial charge in [0.05, 0.1) is 28.1 Å². The highest BCUT2D eigenvalue weighted by Crippen LogP contribution is 2.60. The normalized spacial score (nSPS) is 18.9. The van der Waals surface area contributed by atoms with E-state index in [0.29, 0.717) is 0 Å². The second-order valence-electron chi connectivity index (χ2n) is 26.4. The summed E-state index contributed by atoms with van der Waals surface area (Å²) in [5, 5.41) is 2.60. The molecule has 6 aliphatic rings. The molecule has 5 heteroatoms. The summed E-state index contributed by atoms with van der Waals surface area (Å²) >= 11 is 0. The first-order valence-electron chi connectivity index (χ1n) is 27.5. The van der Waals surface area contributed by atoms with Crippen LogP contribution in [0.2, 0.25) is 0 Å². The van der Waals surface area contributed by atoms with E-state index in [1.165, 1.54) is 135 Å². The van der Waals surface area contributed by atoms with Crippen LogP contribution in [0.1, 0.15) is 139 Å². The molecular formula is C69H66BN3O. The zero-order valence-electron chi connectivity index (χ0n) is 45.4. The number of rotatable bonds is 2. The standard InChI is InChI=1S/C69H66BN3O/c1-39-21-24-41(25-22-39)73-58-37-48-42(43-33-49-51(36-47(43)69(48,11)12)67(7,8)29-27-65(49,3)4)32-44(58)45-35-59(71-55-17-13-15-19-60(55)74-61-20-16-14-18-56(61)71)62-46-34-50-52(68(9,10)30-28-66(50,5)6)38-57(46)72-54-26-23-40(2)31-53(54)70(73)63(45)64(62)72/h13-26,31-38H,27-30H2,1-12H3. The molecule has 0 saturated heterocycles. The minimum atomic E-state index is -0.212. The summed E-state index contributed by atoms with van der Waals surface area (Å²) < 4.78 is 9.50. The zero-order chi connectivity index (χ0) is 50.9. The average Bonchev–Trinajstić information content (AvgIpc) is 3.82. The molecule has 3 aliphatic carbocycles. The van der Waals surface area contributed by atoms with Gasteiger partial charge in [-0.2, -0.15) is 0 Å². The van der Waals surface area contributed by atoms with Crippen LogP contribution in [0, 0.1) is 13.8 Å². The van der Waals surface area contributed by atoms with E-state index in [1.807, 2.05) is 0 Å². The summed E-state index contributed by atoms with van der Waals surface area (Å²) in [6, 6.07) is 52.4. The molecular weight excluding hydrogens is 898 g/mol.